The van der Waals surface area contributed by atoms with Gasteiger partial charge in [0.1, 0.15) is 17.7 Å². The first-order valence-electron chi connectivity index (χ1n) is 10.4. The first-order chi connectivity index (χ1) is 13.8. The van der Waals surface area contributed by atoms with E-state index in [1.165, 1.54) is 17.2 Å². The SMILES string of the molecule is CC(C)C(=O)N1CCC2=C(C1)CN([C@H]1CO[C@H](c3cc(F)ccc3F)[C@@H](N)C1)C2. The standard InChI is InChI=1S/C22H29F2N3O2/c1-13(2)22(28)26-6-5-14-9-27(11-15(14)10-26)17-8-20(25)21(29-12-17)18-7-16(23)3-4-19(18)24/h3-4,7,13,17,20-21H,5-6,8-12,25H2,1-2H3/t17-,20+,21-/m1/s1. The van der Waals surface area contributed by atoms with Crippen molar-refractivity contribution in [2.24, 2.45) is 11.7 Å². The largest absolute Gasteiger partial charge is 0.370 e. The van der Waals surface area contributed by atoms with E-state index < -0.39 is 23.8 Å². The van der Waals surface area contributed by atoms with Gasteiger partial charge < -0.3 is 15.4 Å². The number of nitrogens with zero attached hydrogens (tertiary/aromatic N) is 2. The normalized spacial score (nSPS) is 28.2. The Morgan fingerprint density at radius 1 is 1.21 bits per heavy atom. The molecule has 2 N–H and O–H groups in total. The highest BCUT2D eigenvalue weighted by Crippen LogP contribution is 2.34. The quantitative estimate of drug-likeness (QED) is 0.786. The van der Waals surface area contributed by atoms with Crippen LogP contribution < -0.4 is 5.73 Å². The Morgan fingerprint density at radius 3 is 2.69 bits per heavy atom. The zero-order valence-corrected chi connectivity index (χ0v) is 17.0. The predicted molar refractivity (Wildman–Crippen MR) is 106 cm³/mol. The maximum Gasteiger partial charge on any atom is 0.225 e. The highest BCUT2D eigenvalue weighted by Gasteiger charge is 2.38. The molecule has 0 saturated carbocycles. The molecule has 4 rings (SSSR count). The Balaban J connectivity index is 1.38. The first-order valence-corrected chi connectivity index (χ1v) is 10.4. The van der Waals surface area contributed by atoms with Gasteiger partial charge in [0.05, 0.1) is 6.61 Å². The van der Waals surface area contributed by atoms with Crippen LogP contribution in [0, 0.1) is 17.6 Å². The molecule has 1 aromatic rings. The van der Waals surface area contributed by atoms with Crippen LogP contribution in [-0.2, 0) is 9.53 Å². The number of carbonyl (C=O) groups excluding carboxylic acids is 1. The highest BCUT2D eigenvalue weighted by molar-refractivity contribution is 5.78. The fourth-order valence-corrected chi connectivity index (χ4v) is 4.73. The van der Waals surface area contributed by atoms with E-state index in [4.69, 9.17) is 10.5 Å². The topological polar surface area (TPSA) is 58.8 Å². The molecule has 5 nitrogen and oxygen atoms in total. The van der Waals surface area contributed by atoms with E-state index in [-0.39, 0.29) is 23.4 Å². The number of halogens is 2. The minimum Gasteiger partial charge on any atom is -0.370 e. The minimum absolute atomic E-state index is 0.0135. The molecule has 3 aliphatic heterocycles. The van der Waals surface area contributed by atoms with Crippen molar-refractivity contribution < 1.29 is 18.3 Å². The van der Waals surface area contributed by atoms with E-state index in [2.05, 4.69) is 4.90 Å². The predicted octanol–water partition coefficient (Wildman–Crippen LogP) is 2.62. The summed E-state index contributed by atoms with van der Waals surface area (Å²) >= 11 is 0. The monoisotopic (exact) mass is 405 g/mol. The van der Waals surface area contributed by atoms with Gasteiger partial charge in [-0.25, -0.2) is 8.78 Å². The molecular formula is C22H29F2N3O2. The maximum absolute atomic E-state index is 14.1. The van der Waals surface area contributed by atoms with Gasteiger partial charge in [-0.15, -0.1) is 0 Å². The molecule has 0 radical (unpaired) electrons. The van der Waals surface area contributed by atoms with Crippen molar-refractivity contribution in [1.82, 2.24) is 9.80 Å². The number of carbonyl (C=O) groups is 1. The molecule has 0 aromatic heterocycles. The van der Waals surface area contributed by atoms with Crippen molar-refractivity contribution >= 4 is 5.91 Å². The lowest BCUT2D eigenvalue weighted by Crippen LogP contribution is -2.49. The zero-order chi connectivity index (χ0) is 20.7. The third kappa shape index (κ3) is 4.09. The average molecular weight is 405 g/mol. The van der Waals surface area contributed by atoms with Crippen LogP contribution in [0.4, 0.5) is 8.78 Å². The van der Waals surface area contributed by atoms with Gasteiger partial charge in [0.25, 0.3) is 0 Å². The number of ether oxygens (including phenoxy) is 1. The molecule has 3 aliphatic rings. The average Bonchev–Trinajstić information content (AvgIpc) is 3.12. The van der Waals surface area contributed by atoms with Crippen LogP contribution in [0.5, 0.6) is 0 Å². The molecule has 158 valence electrons. The van der Waals surface area contributed by atoms with E-state index in [0.29, 0.717) is 19.6 Å². The van der Waals surface area contributed by atoms with Crippen molar-refractivity contribution in [2.75, 3.05) is 32.8 Å². The molecule has 0 unspecified atom stereocenters. The zero-order valence-electron chi connectivity index (χ0n) is 17.0. The van der Waals surface area contributed by atoms with Gasteiger partial charge in [-0.05, 0) is 36.6 Å². The molecule has 7 heteroatoms. The van der Waals surface area contributed by atoms with Gasteiger partial charge in [0.2, 0.25) is 5.91 Å². The second-order valence-electron chi connectivity index (χ2n) is 8.75. The van der Waals surface area contributed by atoms with Crippen molar-refractivity contribution in [3.05, 3.63) is 46.5 Å². The molecule has 0 aliphatic carbocycles. The lowest BCUT2D eigenvalue weighted by molar-refractivity contribution is -0.134. The summed E-state index contributed by atoms with van der Waals surface area (Å²) in [4.78, 5) is 16.6. The lowest BCUT2D eigenvalue weighted by Gasteiger charge is -2.39. The Labute approximate surface area is 170 Å². The van der Waals surface area contributed by atoms with Gasteiger partial charge in [-0.2, -0.15) is 0 Å². The smallest absolute Gasteiger partial charge is 0.225 e. The number of amides is 1. The van der Waals surface area contributed by atoms with Crippen LogP contribution in [0.3, 0.4) is 0 Å². The molecule has 1 saturated heterocycles. The fourth-order valence-electron chi connectivity index (χ4n) is 4.73. The van der Waals surface area contributed by atoms with Crippen LogP contribution in [0.15, 0.2) is 29.3 Å². The third-order valence-corrected chi connectivity index (χ3v) is 6.34. The Hall–Kier alpha value is -1.83. The van der Waals surface area contributed by atoms with Gasteiger partial charge in [0.15, 0.2) is 0 Å². The van der Waals surface area contributed by atoms with Crippen molar-refractivity contribution in [3.8, 4) is 0 Å². The Bertz CT molecular complexity index is 826. The minimum atomic E-state index is -0.633. The molecule has 3 atom stereocenters. The molecule has 0 bridgehead atoms. The van der Waals surface area contributed by atoms with E-state index in [1.807, 2.05) is 18.7 Å². The number of benzene rings is 1. The third-order valence-electron chi connectivity index (χ3n) is 6.34. The van der Waals surface area contributed by atoms with Gasteiger partial charge in [-0.1, -0.05) is 19.4 Å². The van der Waals surface area contributed by atoms with E-state index >= 15 is 0 Å². The lowest BCUT2D eigenvalue weighted by atomic mass is 9.93. The van der Waals surface area contributed by atoms with Crippen LogP contribution in [0.1, 0.15) is 38.4 Å². The van der Waals surface area contributed by atoms with Crippen molar-refractivity contribution in [1.29, 1.82) is 0 Å². The van der Waals surface area contributed by atoms with Crippen molar-refractivity contribution in [2.45, 2.75) is 44.9 Å². The molecule has 3 heterocycles. The summed E-state index contributed by atoms with van der Waals surface area (Å²) in [6.45, 7) is 7.49. The Morgan fingerprint density at radius 2 is 1.97 bits per heavy atom. The Kier molecular flexibility index (Phi) is 5.73. The van der Waals surface area contributed by atoms with Crippen LogP contribution in [0.25, 0.3) is 0 Å². The number of hydrogen-bond donors (Lipinski definition) is 1. The molecule has 1 fully saturated rings. The molecular weight excluding hydrogens is 376 g/mol. The summed E-state index contributed by atoms with van der Waals surface area (Å²) < 4.78 is 33.6. The summed E-state index contributed by atoms with van der Waals surface area (Å²) in [5, 5.41) is 0. The summed E-state index contributed by atoms with van der Waals surface area (Å²) in [5.74, 6) is -0.757. The highest BCUT2D eigenvalue weighted by atomic mass is 19.1. The summed E-state index contributed by atoms with van der Waals surface area (Å²) in [7, 11) is 0. The summed E-state index contributed by atoms with van der Waals surface area (Å²) in [6, 6.07) is 3.13. The van der Waals surface area contributed by atoms with Crippen molar-refractivity contribution in [3.63, 3.8) is 0 Å². The van der Waals surface area contributed by atoms with Crippen LogP contribution >= 0.6 is 0 Å². The van der Waals surface area contributed by atoms with Crippen LogP contribution in [0.2, 0.25) is 0 Å². The maximum atomic E-state index is 14.1. The van der Waals surface area contributed by atoms with Gasteiger partial charge in [0, 0.05) is 49.7 Å². The number of hydrogen-bond acceptors (Lipinski definition) is 4. The van der Waals surface area contributed by atoms with Gasteiger partial charge >= 0.3 is 0 Å². The molecule has 1 aromatic carbocycles. The van der Waals surface area contributed by atoms with Gasteiger partial charge in [-0.3, -0.25) is 9.69 Å². The van der Waals surface area contributed by atoms with Crippen LogP contribution in [-0.4, -0.2) is 60.6 Å². The second kappa shape index (κ2) is 8.13. The summed E-state index contributed by atoms with van der Waals surface area (Å²) in [6.07, 6.45) is 0.947. The van der Waals surface area contributed by atoms with E-state index in [0.717, 1.165) is 38.2 Å². The summed E-state index contributed by atoms with van der Waals surface area (Å²) in [5.41, 5.74) is 9.27. The van der Waals surface area contributed by atoms with E-state index in [9.17, 15) is 13.6 Å². The molecule has 0 spiro atoms. The fraction of sp³-hybridized carbons (Fsp3) is 0.591. The number of nitrogens with two attached hydrogens (primary N) is 1. The first kappa shape index (κ1) is 20.4. The number of rotatable bonds is 3. The van der Waals surface area contributed by atoms with E-state index in [1.54, 1.807) is 0 Å². The molecule has 1 amide bonds. The second-order valence-corrected chi connectivity index (χ2v) is 8.75. The molecule has 29 heavy (non-hydrogen) atoms.